The Morgan fingerprint density at radius 1 is 1.38 bits per heavy atom. The van der Waals surface area contributed by atoms with Crippen molar-refractivity contribution in [2.75, 3.05) is 6.61 Å². The second kappa shape index (κ2) is 4.21. The number of benzene rings is 1. The highest BCUT2D eigenvalue weighted by molar-refractivity contribution is 5.21. The van der Waals surface area contributed by atoms with E-state index in [0.717, 1.165) is 6.07 Å². The fourth-order valence-electron chi connectivity index (χ4n) is 0.772. The molecule has 13 heavy (non-hydrogen) atoms. The second-order valence-corrected chi connectivity index (χ2v) is 3.19. The predicted molar refractivity (Wildman–Crippen MR) is 45.5 cm³/mol. The van der Waals surface area contributed by atoms with E-state index in [4.69, 9.17) is 4.74 Å². The van der Waals surface area contributed by atoms with Crippen molar-refractivity contribution in [1.82, 2.24) is 0 Å². The number of hydrogen-bond acceptors (Lipinski definition) is 1. The first-order valence-electron chi connectivity index (χ1n) is 4.09. The molecule has 0 saturated carbocycles. The number of hydrogen-bond donors (Lipinski definition) is 0. The topological polar surface area (TPSA) is 9.23 Å². The molecule has 0 unspecified atom stereocenters. The number of ether oxygens (including phenoxy) is 1. The van der Waals surface area contributed by atoms with Gasteiger partial charge in [-0.05, 0) is 18.1 Å². The zero-order valence-electron chi connectivity index (χ0n) is 7.60. The summed E-state index contributed by atoms with van der Waals surface area (Å²) < 4.78 is 30.2. The van der Waals surface area contributed by atoms with E-state index < -0.39 is 11.6 Å². The summed E-state index contributed by atoms with van der Waals surface area (Å²) in [5.41, 5.74) is 0. The lowest BCUT2D eigenvalue weighted by molar-refractivity contribution is 0.268. The van der Waals surface area contributed by atoms with Gasteiger partial charge < -0.3 is 4.74 Å². The zero-order chi connectivity index (χ0) is 9.84. The summed E-state index contributed by atoms with van der Waals surface area (Å²) in [6, 6.07) is 4.56. The third-order valence-electron chi connectivity index (χ3n) is 1.40. The van der Waals surface area contributed by atoms with Crippen LogP contribution in [0.25, 0.3) is 0 Å². The Kier molecular flexibility index (Phi) is 3.23. The minimum atomic E-state index is -0.999. The third kappa shape index (κ3) is 3.01. The number of halogens is 2. The average molecular weight is 185 g/mol. The van der Waals surface area contributed by atoms with Crippen LogP contribution in [0.1, 0.15) is 13.8 Å². The van der Waals surface area contributed by atoms with Gasteiger partial charge in [0, 0.05) is 0 Å². The van der Waals surface area contributed by atoms with Gasteiger partial charge in [0.2, 0.25) is 0 Å². The van der Waals surface area contributed by atoms with Gasteiger partial charge in [-0.2, -0.15) is 0 Å². The first-order chi connectivity index (χ1) is 6.09. The molecule has 0 amide bonds. The van der Waals surface area contributed by atoms with Crippen molar-refractivity contribution >= 4 is 0 Å². The summed E-state index contributed by atoms with van der Waals surface area (Å²) in [5, 5.41) is 0. The molecule has 0 fully saturated rings. The monoisotopic (exact) mass is 185 g/mol. The highest BCUT2D eigenvalue weighted by atomic mass is 19.2. The molecule has 1 nitrogen and oxygen atoms in total. The molecule has 0 aliphatic rings. The van der Waals surface area contributed by atoms with Crippen molar-refractivity contribution in [1.29, 1.82) is 0 Å². The van der Waals surface area contributed by atoms with Crippen molar-refractivity contribution in [3.63, 3.8) is 0 Å². The predicted octanol–water partition coefficient (Wildman–Crippen LogP) is 2.80. The summed E-state index contributed by atoms with van der Waals surface area (Å²) >= 11 is 0. The normalized spacial score (nSPS) is 10.5. The van der Waals surface area contributed by atoms with E-state index in [2.05, 4.69) is 6.07 Å². The van der Waals surface area contributed by atoms with Crippen LogP contribution in [0.2, 0.25) is 0 Å². The Labute approximate surface area is 76.3 Å². The molecule has 1 rings (SSSR count). The maximum Gasteiger partial charge on any atom is 0.170 e. The van der Waals surface area contributed by atoms with Crippen LogP contribution in [0, 0.1) is 23.6 Å². The first kappa shape index (κ1) is 9.96. The Hall–Kier alpha value is -1.12. The molecule has 3 heteroatoms. The molecule has 1 radical (unpaired) electrons. The Balaban J connectivity index is 2.63. The van der Waals surface area contributed by atoms with Crippen molar-refractivity contribution in [2.24, 2.45) is 5.92 Å². The summed E-state index contributed by atoms with van der Waals surface area (Å²) in [7, 11) is 0. The van der Waals surface area contributed by atoms with Crippen LogP contribution in [-0.4, -0.2) is 6.61 Å². The molecular weight excluding hydrogens is 174 g/mol. The van der Waals surface area contributed by atoms with Gasteiger partial charge in [0.15, 0.2) is 11.6 Å². The average Bonchev–Trinajstić information content (AvgIpc) is 2.07. The maximum absolute atomic E-state index is 12.6. The van der Waals surface area contributed by atoms with Crippen molar-refractivity contribution in [3.05, 3.63) is 29.8 Å². The smallest absolute Gasteiger partial charge is 0.170 e. The van der Waals surface area contributed by atoms with E-state index in [0.29, 0.717) is 12.5 Å². The molecule has 0 aromatic heterocycles. The van der Waals surface area contributed by atoms with E-state index in [1.165, 1.54) is 6.07 Å². The van der Waals surface area contributed by atoms with Gasteiger partial charge in [0.25, 0.3) is 0 Å². The van der Waals surface area contributed by atoms with Gasteiger partial charge in [-0.15, -0.1) is 0 Å². The van der Waals surface area contributed by atoms with E-state index in [9.17, 15) is 8.78 Å². The van der Waals surface area contributed by atoms with Crippen molar-refractivity contribution < 1.29 is 13.5 Å². The molecule has 0 atom stereocenters. The van der Waals surface area contributed by atoms with Gasteiger partial charge in [-0.25, -0.2) is 8.78 Å². The van der Waals surface area contributed by atoms with Crippen LogP contribution in [0.5, 0.6) is 5.75 Å². The summed E-state index contributed by atoms with van der Waals surface area (Å²) in [6.07, 6.45) is 0. The van der Waals surface area contributed by atoms with E-state index >= 15 is 0 Å². The van der Waals surface area contributed by atoms with Crippen molar-refractivity contribution in [3.8, 4) is 5.75 Å². The maximum atomic E-state index is 12.6. The summed E-state index contributed by atoms with van der Waals surface area (Å²) in [4.78, 5) is 0. The molecule has 0 aliphatic carbocycles. The second-order valence-electron chi connectivity index (χ2n) is 3.19. The lowest BCUT2D eigenvalue weighted by atomic mass is 10.2. The summed E-state index contributed by atoms with van der Waals surface area (Å²) in [5.74, 6) is -1.31. The van der Waals surface area contributed by atoms with Crippen LogP contribution in [0.15, 0.2) is 12.1 Å². The zero-order valence-corrected chi connectivity index (χ0v) is 7.60. The van der Waals surface area contributed by atoms with Crippen LogP contribution in [-0.2, 0) is 0 Å². The SMILES string of the molecule is CC(C)COc1[c]c(F)c(F)cc1. The van der Waals surface area contributed by atoms with Gasteiger partial charge in [-0.3, -0.25) is 0 Å². The van der Waals surface area contributed by atoms with E-state index in [-0.39, 0.29) is 5.75 Å². The summed E-state index contributed by atoms with van der Waals surface area (Å²) in [6.45, 7) is 4.42. The molecule has 0 bridgehead atoms. The van der Waals surface area contributed by atoms with Crippen LogP contribution < -0.4 is 4.74 Å². The first-order valence-corrected chi connectivity index (χ1v) is 4.09. The third-order valence-corrected chi connectivity index (χ3v) is 1.40. The number of rotatable bonds is 3. The van der Waals surface area contributed by atoms with Gasteiger partial charge >= 0.3 is 0 Å². The fourth-order valence-corrected chi connectivity index (χ4v) is 0.772. The lowest BCUT2D eigenvalue weighted by Gasteiger charge is -2.07. The van der Waals surface area contributed by atoms with Crippen LogP contribution in [0.4, 0.5) is 8.78 Å². The van der Waals surface area contributed by atoms with Gasteiger partial charge in [0.1, 0.15) is 5.75 Å². The Morgan fingerprint density at radius 3 is 2.62 bits per heavy atom. The minimum absolute atomic E-state index is 0.243. The van der Waals surface area contributed by atoms with Crippen LogP contribution >= 0.6 is 0 Å². The quantitative estimate of drug-likeness (QED) is 0.703. The van der Waals surface area contributed by atoms with Crippen molar-refractivity contribution in [2.45, 2.75) is 13.8 Å². The molecule has 71 valence electrons. The Bertz CT molecular complexity index is 284. The van der Waals surface area contributed by atoms with E-state index in [1.807, 2.05) is 13.8 Å². The van der Waals surface area contributed by atoms with Gasteiger partial charge in [-0.1, -0.05) is 13.8 Å². The standard InChI is InChI=1S/C10H11F2O/c1-7(2)6-13-8-3-4-9(11)10(12)5-8/h3-4,7H,6H2,1-2H3. The molecule has 1 aromatic carbocycles. The van der Waals surface area contributed by atoms with Crippen LogP contribution in [0.3, 0.4) is 0 Å². The fraction of sp³-hybridized carbons (Fsp3) is 0.400. The molecular formula is C10H11F2O. The van der Waals surface area contributed by atoms with Gasteiger partial charge in [0.05, 0.1) is 12.7 Å². The lowest BCUT2D eigenvalue weighted by Crippen LogP contribution is -2.04. The minimum Gasteiger partial charge on any atom is -0.493 e. The largest absolute Gasteiger partial charge is 0.493 e. The molecule has 0 saturated heterocycles. The highest BCUT2D eigenvalue weighted by Gasteiger charge is 2.04. The molecule has 0 aliphatic heterocycles. The molecule has 0 heterocycles. The van der Waals surface area contributed by atoms with E-state index in [1.54, 1.807) is 0 Å². The highest BCUT2D eigenvalue weighted by Crippen LogP contribution is 2.14. The molecule has 1 aromatic rings. The Morgan fingerprint density at radius 2 is 2.08 bits per heavy atom. The molecule has 0 N–H and O–H groups in total. The molecule has 0 spiro atoms.